The first-order valence-electron chi connectivity index (χ1n) is 12.1. The molecule has 0 radical (unpaired) electrons. The molecule has 2 aliphatic rings. The maximum absolute atomic E-state index is 13.1. The molecule has 3 heterocycles. The minimum absolute atomic E-state index is 0.000134. The molecule has 0 spiro atoms. The summed E-state index contributed by atoms with van der Waals surface area (Å²) in [6.45, 7) is 4.85. The summed E-state index contributed by atoms with van der Waals surface area (Å²) in [4.78, 5) is 50.8. The van der Waals surface area contributed by atoms with Crippen LogP contribution in [-0.4, -0.2) is 77.8 Å². The third-order valence-corrected chi connectivity index (χ3v) is 6.36. The van der Waals surface area contributed by atoms with Gasteiger partial charge in [-0.25, -0.2) is 14.8 Å². The predicted molar refractivity (Wildman–Crippen MR) is 135 cm³/mol. The van der Waals surface area contributed by atoms with Crippen LogP contribution in [0.15, 0.2) is 24.4 Å². The molecule has 36 heavy (non-hydrogen) atoms. The molecule has 11 nitrogen and oxygen atoms in total. The lowest BCUT2D eigenvalue weighted by Crippen LogP contribution is -2.48. The molecule has 0 atom stereocenters. The van der Waals surface area contributed by atoms with Crippen molar-refractivity contribution < 1.29 is 14.4 Å². The van der Waals surface area contributed by atoms with Crippen molar-refractivity contribution in [2.45, 2.75) is 26.3 Å². The zero-order chi connectivity index (χ0) is 25.7. The fourth-order valence-corrected chi connectivity index (χ4v) is 4.00. The number of nitrogens with zero attached hydrogens (tertiary/aromatic N) is 6. The van der Waals surface area contributed by atoms with Crippen LogP contribution < -0.4 is 15.5 Å². The average molecular weight is 491 g/mol. The number of pyridine rings is 2. The van der Waals surface area contributed by atoms with Crippen molar-refractivity contribution in [2.75, 3.05) is 55.3 Å². The molecule has 2 aromatic heterocycles. The van der Waals surface area contributed by atoms with Gasteiger partial charge in [0.2, 0.25) is 5.91 Å². The zero-order valence-electron chi connectivity index (χ0n) is 20.5. The second kappa shape index (κ2) is 11.1. The number of nitriles is 1. The van der Waals surface area contributed by atoms with Crippen molar-refractivity contribution in [2.24, 2.45) is 5.92 Å². The maximum Gasteiger partial charge on any atom is 0.328 e. The fraction of sp³-hybridized carbons (Fsp3) is 0.440. The van der Waals surface area contributed by atoms with Crippen molar-refractivity contribution in [1.29, 1.82) is 5.26 Å². The number of aldehydes is 1. The molecule has 1 saturated heterocycles. The second-order valence-electron chi connectivity index (χ2n) is 9.11. The van der Waals surface area contributed by atoms with Gasteiger partial charge in [-0.2, -0.15) is 5.26 Å². The number of rotatable bonds is 9. The molecule has 1 aliphatic carbocycles. The number of carbonyl (C=O) groups is 3. The second-order valence-corrected chi connectivity index (χ2v) is 9.11. The van der Waals surface area contributed by atoms with Gasteiger partial charge in [0.1, 0.15) is 23.4 Å². The average Bonchev–Trinajstić information content (AvgIpc) is 3.70. The Bertz CT molecular complexity index is 1190. The van der Waals surface area contributed by atoms with E-state index in [9.17, 15) is 19.6 Å². The molecule has 4 rings (SSSR count). The molecule has 11 heteroatoms. The van der Waals surface area contributed by atoms with Gasteiger partial charge in [-0.15, -0.1) is 0 Å². The molecular weight excluding hydrogens is 460 g/mol. The summed E-state index contributed by atoms with van der Waals surface area (Å²) in [7, 11) is 1.89. The predicted octanol–water partition coefficient (Wildman–Crippen LogP) is 2.32. The van der Waals surface area contributed by atoms with E-state index in [0.717, 1.165) is 13.1 Å². The summed E-state index contributed by atoms with van der Waals surface area (Å²) < 4.78 is 0. The molecule has 1 aliphatic heterocycles. The van der Waals surface area contributed by atoms with Gasteiger partial charge in [-0.3, -0.25) is 24.7 Å². The van der Waals surface area contributed by atoms with E-state index in [0.29, 0.717) is 60.3 Å². The molecule has 0 bridgehead atoms. The van der Waals surface area contributed by atoms with Crippen LogP contribution in [0.3, 0.4) is 0 Å². The lowest BCUT2D eigenvalue weighted by molar-refractivity contribution is -0.136. The third-order valence-electron chi connectivity index (χ3n) is 6.36. The van der Waals surface area contributed by atoms with Crippen LogP contribution in [0.25, 0.3) is 0 Å². The number of likely N-dealkylation sites (N-methyl/N-ethyl adjacent to an activating group) is 1. The summed E-state index contributed by atoms with van der Waals surface area (Å²) >= 11 is 0. The molecule has 0 aromatic carbocycles. The normalized spacial score (nSPS) is 15.8. The fourth-order valence-electron chi connectivity index (χ4n) is 4.00. The van der Waals surface area contributed by atoms with Gasteiger partial charge in [-0.05, 0) is 38.8 Å². The number of urea groups is 1. The molecule has 0 unspecified atom stereocenters. The summed E-state index contributed by atoms with van der Waals surface area (Å²) in [5.74, 6) is 1.23. The van der Waals surface area contributed by atoms with E-state index in [-0.39, 0.29) is 18.1 Å². The highest BCUT2D eigenvalue weighted by molar-refractivity contribution is 6.01. The number of amides is 3. The molecule has 1 saturated carbocycles. The van der Waals surface area contributed by atoms with E-state index in [2.05, 4.69) is 26.7 Å². The van der Waals surface area contributed by atoms with Gasteiger partial charge in [0.25, 0.3) is 0 Å². The Hall–Kier alpha value is -4.04. The molecule has 188 valence electrons. The Morgan fingerprint density at radius 2 is 2.14 bits per heavy atom. The van der Waals surface area contributed by atoms with E-state index in [4.69, 9.17) is 0 Å². The SMILES string of the molecule is CCN(C(=O)Nc1cc(NCC2CC2)c(C#N)cn1)c1ccc(CN2CCN(C)CC2=O)c(C=O)n1. The van der Waals surface area contributed by atoms with E-state index >= 15 is 0 Å². The van der Waals surface area contributed by atoms with Crippen molar-refractivity contribution in [3.8, 4) is 6.07 Å². The largest absolute Gasteiger partial charge is 0.384 e. The number of anilines is 3. The van der Waals surface area contributed by atoms with Gasteiger partial charge in [0, 0.05) is 50.6 Å². The first-order chi connectivity index (χ1) is 17.4. The molecule has 2 fully saturated rings. The number of nitrogens with one attached hydrogen (secondary N) is 2. The Labute approximate surface area is 210 Å². The van der Waals surface area contributed by atoms with Crippen LogP contribution in [0, 0.1) is 17.2 Å². The number of carbonyl (C=O) groups excluding carboxylic acids is 3. The lowest BCUT2D eigenvalue weighted by Gasteiger charge is -2.32. The maximum atomic E-state index is 13.1. The third kappa shape index (κ3) is 5.95. The standard InChI is InChI=1S/C25H30N8O3/c1-3-33(25(36)30-22-10-20(19(11-26)13-28-22)27-12-17-4-5-17)23-7-6-18(21(16-34)29-23)14-32-9-8-31(2)15-24(32)35/h6-7,10,13,16-17H,3-5,8-9,12,14-15H2,1-2H3,(H2,27,28,30,36). The topological polar surface area (TPSA) is 135 Å². The quantitative estimate of drug-likeness (QED) is 0.512. The van der Waals surface area contributed by atoms with Gasteiger partial charge in [-0.1, -0.05) is 6.07 Å². The van der Waals surface area contributed by atoms with Gasteiger partial charge >= 0.3 is 6.03 Å². The summed E-state index contributed by atoms with van der Waals surface area (Å²) in [6.07, 6.45) is 4.42. The van der Waals surface area contributed by atoms with E-state index in [1.54, 1.807) is 30.0 Å². The Morgan fingerprint density at radius 3 is 2.81 bits per heavy atom. The summed E-state index contributed by atoms with van der Waals surface area (Å²) in [5, 5.41) is 15.4. The van der Waals surface area contributed by atoms with Crippen LogP contribution >= 0.6 is 0 Å². The van der Waals surface area contributed by atoms with Crippen molar-refractivity contribution in [3.63, 3.8) is 0 Å². The highest BCUT2D eigenvalue weighted by Gasteiger charge is 2.24. The first kappa shape index (κ1) is 25.1. The minimum atomic E-state index is -0.464. The zero-order valence-corrected chi connectivity index (χ0v) is 20.5. The molecule has 2 N–H and O–H groups in total. The van der Waals surface area contributed by atoms with Crippen molar-refractivity contribution >= 4 is 35.5 Å². The van der Waals surface area contributed by atoms with Crippen LogP contribution in [0.4, 0.5) is 22.1 Å². The summed E-state index contributed by atoms with van der Waals surface area (Å²) in [6, 6.07) is 6.69. The number of hydrogen-bond donors (Lipinski definition) is 2. The Morgan fingerprint density at radius 1 is 1.33 bits per heavy atom. The van der Waals surface area contributed by atoms with Crippen LogP contribution in [0.2, 0.25) is 0 Å². The van der Waals surface area contributed by atoms with E-state index < -0.39 is 6.03 Å². The highest BCUT2D eigenvalue weighted by atomic mass is 16.2. The van der Waals surface area contributed by atoms with Gasteiger partial charge in [0.15, 0.2) is 6.29 Å². The first-order valence-corrected chi connectivity index (χ1v) is 12.1. The van der Waals surface area contributed by atoms with Crippen molar-refractivity contribution in [3.05, 3.63) is 41.2 Å². The van der Waals surface area contributed by atoms with Crippen LogP contribution in [0.5, 0.6) is 0 Å². The van der Waals surface area contributed by atoms with Crippen LogP contribution in [-0.2, 0) is 11.3 Å². The van der Waals surface area contributed by atoms with Gasteiger partial charge < -0.3 is 10.2 Å². The molecule has 3 amide bonds. The Balaban J connectivity index is 1.47. The molecular formula is C25H30N8O3. The van der Waals surface area contributed by atoms with E-state index in [1.807, 2.05) is 11.9 Å². The molecule has 2 aromatic rings. The highest BCUT2D eigenvalue weighted by Crippen LogP contribution is 2.30. The van der Waals surface area contributed by atoms with Crippen LogP contribution in [0.1, 0.15) is 41.4 Å². The smallest absolute Gasteiger partial charge is 0.328 e. The van der Waals surface area contributed by atoms with E-state index in [1.165, 1.54) is 23.9 Å². The number of hydrogen-bond acceptors (Lipinski definition) is 8. The monoisotopic (exact) mass is 490 g/mol. The summed E-state index contributed by atoms with van der Waals surface area (Å²) in [5.41, 5.74) is 1.85. The lowest BCUT2D eigenvalue weighted by atomic mass is 10.1. The van der Waals surface area contributed by atoms with Gasteiger partial charge in [0.05, 0.1) is 17.8 Å². The Kier molecular flexibility index (Phi) is 7.75. The minimum Gasteiger partial charge on any atom is -0.384 e. The van der Waals surface area contributed by atoms with Crippen molar-refractivity contribution in [1.82, 2.24) is 19.8 Å². The number of aromatic nitrogens is 2. The number of piperazine rings is 1.